The third-order valence-electron chi connectivity index (χ3n) is 3.66. The maximum Gasteiger partial charge on any atom is 0.326 e. The molecule has 2 N–H and O–H groups in total. The first-order valence-corrected chi connectivity index (χ1v) is 7.60. The number of hydrogen-bond donors (Lipinski definition) is 2. The van der Waals surface area contributed by atoms with Crippen LogP contribution in [0.5, 0.6) is 0 Å². The average Bonchev–Trinajstić information content (AvgIpc) is 2.51. The van der Waals surface area contributed by atoms with E-state index in [0.29, 0.717) is 6.42 Å². The molecule has 0 spiro atoms. The number of amides is 1. The molecule has 4 heteroatoms. The van der Waals surface area contributed by atoms with E-state index < -0.39 is 12.0 Å². The monoisotopic (exact) mass is 299 g/mol. The van der Waals surface area contributed by atoms with Gasteiger partial charge in [-0.05, 0) is 22.8 Å². The lowest BCUT2D eigenvalue weighted by atomic mass is 10.0. The molecular weight excluding hydrogens is 278 g/mol. The Hall–Kier alpha value is -2.36. The number of rotatable bonds is 7. The number of hydrogen-bond acceptors (Lipinski definition) is 2. The smallest absolute Gasteiger partial charge is 0.326 e. The molecule has 0 saturated heterocycles. The summed E-state index contributed by atoms with van der Waals surface area (Å²) in [4.78, 5) is 23.2. The van der Waals surface area contributed by atoms with Crippen LogP contribution < -0.4 is 5.32 Å². The van der Waals surface area contributed by atoms with Crippen molar-refractivity contribution in [1.29, 1.82) is 0 Å². The number of unbranched alkanes of at least 4 members (excludes halogenated alkanes) is 1. The molecule has 2 aromatic carbocycles. The molecule has 0 aliphatic rings. The standard InChI is InChI=1S/C18H21NO3/c1-2-3-8-16(18(21)22)19-17(20)12-13-9-10-14-6-4-5-7-15(14)11-13/h4-7,9-11,16H,2-3,8,12H2,1H3,(H,19,20)(H,21,22). The van der Waals surface area contributed by atoms with Crippen LogP contribution in [-0.4, -0.2) is 23.0 Å². The molecule has 2 aromatic rings. The van der Waals surface area contributed by atoms with Crippen molar-refractivity contribution in [2.24, 2.45) is 0 Å². The van der Waals surface area contributed by atoms with Crippen LogP contribution >= 0.6 is 0 Å². The van der Waals surface area contributed by atoms with E-state index in [2.05, 4.69) is 5.32 Å². The van der Waals surface area contributed by atoms with Crippen molar-refractivity contribution in [1.82, 2.24) is 5.32 Å². The molecule has 0 radical (unpaired) electrons. The molecule has 0 aromatic heterocycles. The molecule has 0 aliphatic carbocycles. The number of carboxylic acids is 1. The van der Waals surface area contributed by atoms with Gasteiger partial charge >= 0.3 is 5.97 Å². The summed E-state index contributed by atoms with van der Waals surface area (Å²) in [6.07, 6.45) is 2.35. The number of carboxylic acid groups (broad SMARTS) is 1. The predicted octanol–water partition coefficient (Wildman–Crippen LogP) is 3.14. The first-order valence-electron chi connectivity index (χ1n) is 7.60. The third kappa shape index (κ3) is 4.32. The second-order valence-corrected chi connectivity index (χ2v) is 5.46. The highest BCUT2D eigenvalue weighted by molar-refractivity contribution is 5.87. The fourth-order valence-corrected chi connectivity index (χ4v) is 2.45. The summed E-state index contributed by atoms with van der Waals surface area (Å²) >= 11 is 0. The fraction of sp³-hybridized carbons (Fsp3) is 0.333. The van der Waals surface area contributed by atoms with E-state index in [0.717, 1.165) is 29.2 Å². The summed E-state index contributed by atoms with van der Waals surface area (Å²) in [6.45, 7) is 2.00. The molecule has 4 nitrogen and oxygen atoms in total. The molecule has 1 amide bonds. The minimum absolute atomic E-state index is 0.195. The van der Waals surface area contributed by atoms with Crippen molar-refractivity contribution in [3.63, 3.8) is 0 Å². The summed E-state index contributed by atoms with van der Waals surface area (Å²) in [7, 11) is 0. The number of carbonyl (C=O) groups is 2. The van der Waals surface area contributed by atoms with E-state index >= 15 is 0 Å². The summed E-state index contributed by atoms with van der Waals surface area (Å²) in [6, 6.07) is 13.0. The molecule has 22 heavy (non-hydrogen) atoms. The first kappa shape index (κ1) is 16.0. The van der Waals surface area contributed by atoms with E-state index in [1.165, 1.54) is 0 Å². The Morgan fingerprint density at radius 1 is 1.14 bits per heavy atom. The Morgan fingerprint density at radius 2 is 1.86 bits per heavy atom. The quantitative estimate of drug-likeness (QED) is 0.825. The van der Waals surface area contributed by atoms with Gasteiger partial charge in [0.05, 0.1) is 6.42 Å². The average molecular weight is 299 g/mol. The molecule has 0 heterocycles. The van der Waals surface area contributed by atoms with E-state index in [9.17, 15) is 9.59 Å². The molecule has 116 valence electrons. The van der Waals surface area contributed by atoms with E-state index in [1.54, 1.807) is 0 Å². The lowest BCUT2D eigenvalue weighted by molar-refractivity contribution is -0.142. The summed E-state index contributed by atoms with van der Waals surface area (Å²) in [5.74, 6) is -1.22. The van der Waals surface area contributed by atoms with Gasteiger partial charge in [0.2, 0.25) is 5.91 Å². The zero-order chi connectivity index (χ0) is 15.9. The highest BCUT2D eigenvalue weighted by atomic mass is 16.4. The zero-order valence-corrected chi connectivity index (χ0v) is 12.7. The van der Waals surface area contributed by atoms with Crippen LogP contribution in [0, 0.1) is 0 Å². The molecule has 0 fully saturated rings. The SMILES string of the molecule is CCCCC(NC(=O)Cc1ccc2ccccc2c1)C(=O)O. The largest absolute Gasteiger partial charge is 0.480 e. The van der Waals surface area contributed by atoms with Gasteiger partial charge in [0.25, 0.3) is 0 Å². The van der Waals surface area contributed by atoms with Gasteiger partial charge in [0.15, 0.2) is 0 Å². The Bertz CT molecular complexity index is 666. The number of benzene rings is 2. The summed E-state index contributed by atoms with van der Waals surface area (Å²) in [5.41, 5.74) is 0.885. The topological polar surface area (TPSA) is 66.4 Å². The van der Waals surface area contributed by atoms with Gasteiger partial charge in [-0.1, -0.05) is 62.2 Å². The van der Waals surface area contributed by atoms with Gasteiger partial charge in [0, 0.05) is 0 Å². The number of fused-ring (bicyclic) bond motifs is 1. The lowest BCUT2D eigenvalue weighted by Gasteiger charge is -2.14. The van der Waals surface area contributed by atoms with Crippen molar-refractivity contribution in [2.75, 3.05) is 0 Å². The van der Waals surface area contributed by atoms with Gasteiger partial charge in [-0.3, -0.25) is 4.79 Å². The molecular formula is C18H21NO3. The molecule has 0 aliphatic heterocycles. The molecule has 0 saturated carbocycles. The van der Waals surface area contributed by atoms with E-state index in [-0.39, 0.29) is 12.3 Å². The van der Waals surface area contributed by atoms with Crippen LogP contribution in [0.1, 0.15) is 31.7 Å². The Morgan fingerprint density at radius 3 is 2.55 bits per heavy atom. The van der Waals surface area contributed by atoms with Crippen LogP contribution in [0.2, 0.25) is 0 Å². The van der Waals surface area contributed by atoms with Crippen LogP contribution in [0.3, 0.4) is 0 Å². The normalized spacial score (nSPS) is 12.0. The summed E-state index contributed by atoms with van der Waals surface area (Å²) < 4.78 is 0. The van der Waals surface area contributed by atoms with Gasteiger partial charge in [-0.15, -0.1) is 0 Å². The number of carbonyl (C=O) groups excluding carboxylic acids is 1. The minimum atomic E-state index is -0.972. The van der Waals surface area contributed by atoms with Gasteiger partial charge in [0.1, 0.15) is 6.04 Å². The number of aliphatic carboxylic acids is 1. The second kappa shape index (κ2) is 7.59. The van der Waals surface area contributed by atoms with Crippen molar-refractivity contribution < 1.29 is 14.7 Å². The van der Waals surface area contributed by atoms with Crippen molar-refractivity contribution in [3.8, 4) is 0 Å². The highest BCUT2D eigenvalue weighted by Crippen LogP contribution is 2.16. The van der Waals surface area contributed by atoms with Gasteiger partial charge in [-0.25, -0.2) is 4.79 Å². The van der Waals surface area contributed by atoms with Crippen LogP contribution in [0.4, 0.5) is 0 Å². The maximum atomic E-state index is 12.1. The summed E-state index contributed by atoms with van der Waals surface area (Å²) in [5, 5.41) is 14.0. The van der Waals surface area contributed by atoms with Crippen molar-refractivity contribution in [3.05, 3.63) is 48.0 Å². The van der Waals surface area contributed by atoms with Crippen molar-refractivity contribution in [2.45, 2.75) is 38.6 Å². The third-order valence-corrected chi connectivity index (χ3v) is 3.66. The zero-order valence-electron chi connectivity index (χ0n) is 12.7. The van der Waals surface area contributed by atoms with Crippen LogP contribution in [-0.2, 0) is 16.0 Å². The van der Waals surface area contributed by atoms with Crippen LogP contribution in [0.15, 0.2) is 42.5 Å². The Kier molecular flexibility index (Phi) is 5.53. The molecule has 0 bridgehead atoms. The first-order chi connectivity index (χ1) is 10.6. The molecule has 1 unspecified atom stereocenters. The molecule has 1 atom stereocenters. The van der Waals surface area contributed by atoms with Crippen LogP contribution in [0.25, 0.3) is 10.8 Å². The second-order valence-electron chi connectivity index (χ2n) is 5.46. The highest BCUT2D eigenvalue weighted by Gasteiger charge is 2.19. The Labute approximate surface area is 130 Å². The minimum Gasteiger partial charge on any atom is -0.480 e. The lowest BCUT2D eigenvalue weighted by Crippen LogP contribution is -2.41. The maximum absolute atomic E-state index is 12.1. The molecule has 2 rings (SSSR count). The number of nitrogens with one attached hydrogen (secondary N) is 1. The Balaban J connectivity index is 2.01. The van der Waals surface area contributed by atoms with Gasteiger partial charge in [-0.2, -0.15) is 0 Å². The van der Waals surface area contributed by atoms with Gasteiger partial charge < -0.3 is 10.4 Å². The fourth-order valence-electron chi connectivity index (χ4n) is 2.45. The predicted molar refractivity (Wildman–Crippen MR) is 86.7 cm³/mol. The van der Waals surface area contributed by atoms with E-state index in [1.807, 2.05) is 49.4 Å². The van der Waals surface area contributed by atoms with E-state index in [4.69, 9.17) is 5.11 Å². The van der Waals surface area contributed by atoms with Crippen molar-refractivity contribution >= 4 is 22.6 Å².